The van der Waals surface area contributed by atoms with E-state index in [-0.39, 0.29) is 28.6 Å². The monoisotopic (exact) mass is 548 g/mol. The quantitative estimate of drug-likeness (QED) is 0.420. The summed E-state index contributed by atoms with van der Waals surface area (Å²) in [7, 11) is 2.53. The second-order valence-corrected chi connectivity index (χ2v) is 8.98. The van der Waals surface area contributed by atoms with E-state index in [4.69, 9.17) is 16.3 Å². The maximum atomic E-state index is 13.9. The predicted molar refractivity (Wildman–Crippen MR) is 132 cm³/mol. The van der Waals surface area contributed by atoms with Crippen LogP contribution in [0.25, 0.3) is 11.4 Å². The minimum atomic E-state index is -3.49. The van der Waals surface area contributed by atoms with Gasteiger partial charge >= 0.3 is 12.1 Å². The lowest BCUT2D eigenvalue weighted by Gasteiger charge is -2.15. The van der Waals surface area contributed by atoms with Crippen molar-refractivity contribution in [2.45, 2.75) is 25.9 Å². The Morgan fingerprint density at radius 1 is 1.13 bits per heavy atom. The normalized spacial score (nSPS) is 18.3. The first kappa shape index (κ1) is 26.9. The molecule has 4 rings (SSSR count). The fraction of sp³-hybridized carbons (Fsp3) is 0.333. The Bertz CT molecular complexity index is 1410. The molecule has 0 aliphatic heterocycles. The Kier molecular flexibility index (Phi) is 7.31. The number of benzene rings is 1. The van der Waals surface area contributed by atoms with Crippen LogP contribution in [0.5, 0.6) is 0 Å². The number of carbonyl (C=O) groups is 3. The lowest BCUT2D eigenvalue weighted by molar-refractivity contribution is -0.144. The Balaban J connectivity index is 1.47. The van der Waals surface area contributed by atoms with Crippen LogP contribution >= 0.6 is 11.6 Å². The lowest BCUT2D eigenvalue weighted by atomic mass is 10.1. The molecule has 3 unspecified atom stereocenters. The molecule has 0 saturated heterocycles. The molecule has 14 heteroatoms. The maximum Gasteiger partial charge on any atom is 0.413 e. The Labute approximate surface area is 220 Å². The SMILES string of the molecule is COC(=O)C1C(C(=O)Nc2ccc(-c3nnn(C)c3NC(=O)OC(C)c3ccccc3Cl)nc2C)C1(F)F. The molecule has 2 amide bonds. The van der Waals surface area contributed by atoms with E-state index in [2.05, 4.69) is 30.7 Å². The first-order valence-electron chi connectivity index (χ1n) is 11.3. The van der Waals surface area contributed by atoms with Crippen LogP contribution in [0.15, 0.2) is 36.4 Å². The Morgan fingerprint density at radius 2 is 1.84 bits per heavy atom. The molecule has 1 aromatic carbocycles. The number of ether oxygens (including phenoxy) is 2. The summed E-state index contributed by atoms with van der Waals surface area (Å²) in [5.74, 6) is -9.14. The number of nitrogens with one attached hydrogen (secondary N) is 2. The van der Waals surface area contributed by atoms with Gasteiger partial charge in [0.1, 0.15) is 17.9 Å². The van der Waals surface area contributed by atoms with Gasteiger partial charge in [0.2, 0.25) is 5.91 Å². The topological polar surface area (TPSA) is 137 Å². The summed E-state index contributed by atoms with van der Waals surface area (Å²) in [5, 5.41) is 13.4. The minimum absolute atomic E-state index is 0.163. The van der Waals surface area contributed by atoms with E-state index in [0.717, 1.165) is 7.11 Å². The molecule has 38 heavy (non-hydrogen) atoms. The van der Waals surface area contributed by atoms with Crippen molar-refractivity contribution in [2.24, 2.45) is 18.9 Å². The minimum Gasteiger partial charge on any atom is -0.469 e. The van der Waals surface area contributed by atoms with Gasteiger partial charge in [0.25, 0.3) is 5.92 Å². The summed E-state index contributed by atoms with van der Waals surface area (Å²) in [6.07, 6.45) is -1.43. The third-order valence-electron chi connectivity index (χ3n) is 6.05. The molecular formula is C24H23ClF2N6O5. The van der Waals surface area contributed by atoms with E-state index in [1.165, 1.54) is 16.8 Å². The number of alkyl halides is 2. The number of pyridine rings is 1. The summed E-state index contributed by atoms with van der Waals surface area (Å²) in [5.41, 5.74) is 1.56. The van der Waals surface area contributed by atoms with E-state index in [1.807, 2.05) is 0 Å². The van der Waals surface area contributed by atoms with Crippen LogP contribution in [-0.4, -0.2) is 51.0 Å². The summed E-state index contributed by atoms with van der Waals surface area (Å²) in [6, 6.07) is 9.88. The average molecular weight is 549 g/mol. The van der Waals surface area contributed by atoms with Crippen LogP contribution in [0.3, 0.4) is 0 Å². The zero-order valence-corrected chi connectivity index (χ0v) is 21.4. The molecule has 2 N–H and O–H groups in total. The predicted octanol–water partition coefficient (Wildman–Crippen LogP) is 4.14. The van der Waals surface area contributed by atoms with Crippen LogP contribution in [-0.2, 0) is 26.1 Å². The number of hydrogen-bond acceptors (Lipinski definition) is 8. The van der Waals surface area contributed by atoms with Gasteiger partial charge in [0.05, 0.1) is 24.2 Å². The molecule has 1 aliphatic carbocycles. The third-order valence-corrected chi connectivity index (χ3v) is 6.40. The van der Waals surface area contributed by atoms with Gasteiger partial charge in [0.15, 0.2) is 11.5 Å². The molecule has 2 heterocycles. The third kappa shape index (κ3) is 5.14. The van der Waals surface area contributed by atoms with Crippen molar-refractivity contribution in [3.63, 3.8) is 0 Å². The molecule has 200 valence electrons. The lowest BCUT2D eigenvalue weighted by Crippen LogP contribution is -2.19. The number of carbonyl (C=O) groups excluding carboxylic acids is 3. The smallest absolute Gasteiger partial charge is 0.413 e. The van der Waals surface area contributed by atoms with Gasteiger partial charge in [0, 0.05) is 17.6 Å². The van der Waals surface area contributed by atoms with Crippen LogP contribution < -0.4 is 10.6 Å². The number of aromatic nitrogens is 4. The first-order chi connectivity index (χ1) is 17.9. The fourth-order valence-corrected chi connectivity index (χ4v) is 4.22. The number of anilines is 2. The zero-order chi connectivity index (χ0) is 27.8. The second-order valence-electron chi connectivity index (χ2n) is 8.58. The van der Waals surface area contributed by atoms with Crippen molar-refractivity contribution in [1.82, 2.24) is 20.0 Å². The summed E-state index contributed by atoms with van der Waals surface area (Å²) < 4.78 is 39.0. The number of aryl methyl sites for hydroxylation is 2. The summed E-state index contributed by atoms with van der Waals surface area (Å²) in [6.45, 7) is 3.22. The molecule has 11 nitrogen and oxygen atoms in total. The van der Waals surface area contributed by atoms with E-state index in [1.54, 1.807) is 45.2 Å². The van der Waals surface area contributed by atoms with Crippen LogP contribution in [0, 0.1) is 18.8 Å². The van der Waals surface area contributed by atoms with Gasteiger partial charge in [-0.2, -0.15) is 0 Å². The fourth-order valence-electron chi connectivity index (χ4n) is 3.93. The van der Waals surface area contributed by atoms with Crippen molar-refractivity contribution < 1.29 is 32.6 Å². The Hall–Kier alpha value is -4.13. The first-order valence-corrected chi connectivity index (χ1v) is 11.7. The molecule has 3 aromatic rings. The summed E-state index contributed by atoms with van der Waals surface area (Å²) in [4.78, 5) is 40.9. The second kappa shape index (κ2) is 10.3. The highest BCUT2D eigenvalue weighted by Crippen LogP contribution is 2.56. The van der Waals surface area contributed by atoms with Crippen LogP contribution in [0.4, 0.5) is 25.1 Å². The van der Waals surface area contributed by atoms with E-state index >= 15 is 0 Å². The van der Waals surface area contributed by atoms with Gasteiger partial charge in [-0.1, -0.05) is 35.0 Å². The van der Waals surface area contributed by atoms with E-state index in [9.17, 15) is 23.2 Å². The molecule has 3 atom stereocenters. The number of esters is 1. The number of amides is 2. The highest BCUT2D eigenvalue weighted by molar-refractivity contribution is 6.31. The van der Waals surface area contributed by atoms with Crippen LogP contribution in [0.1, 0.15) is 24.3 Å². The number of halogens is 3. The largest absolute Gasteiger partial charge is 0.469 e. The van der Waals surface area contributed by atoms with Gasteiger partial charge < -0.3 is 14.8 Å². The van der Waals surface area contributed by atoms with Crippen molar-refractivity contribution >= 4 is 41.1 Å². The molecular weight excluding hydrogens is 526 g/mol. The maximum absolute atomic E-state index is 13.9. The molecule has 0 bridgehead atoms. The highest BCUT2D eigenvalue weighted by Gasteiger charge is 2.76. The van der Waals surface area contributed by atoms with Crippen molar-refractivity contribution in [2.75, 3.05) is 17.7 Å². The Morgan fingerprint density at radius 3 is 2.50 bits per heavy atom. The molecule has 0 spiro atoms. The van der Waals surface area contributed by atoms with Crippen molar-refractivity contribution in [3.05, 3.63) is 52.7 Å². The van der Waals surface area contributed by atoms with Gasteiger partial charge in [-0.05, 0) is 32.0 Å². The van der Waals surface area contributed by atoms with Crippen molar-refractivity contribution in [1.29, 1.82) is 0 Å². The molecule has 2 aromatic heterocycles. The van der Waals surface area contributed by atoms with E-state index in [0.29, 0.717) is 10.6 Å². The number of methoxy groups -OCH3 is 1. The molecule has 1 saturated carbocycles. The standard InChI is InChI=1S/C24H23ClF2N6O5/c1-11-15(29-21(34)17-18(22(35)37-4)24(17,26)27)9-10-16(28-11)19-20(33(3)32-31-19)30-23(36)38-12(2)13-7-5-6-8-14(13)25/h5-10,12,17-18H,1-4H3,(H,29,34)(H,30,36). The number of hydrogen-bond donors (Lipinski definition) is 2. The van der Waals surface area contributed by atoms with Crippen molar-refractivity contribution in [3.8, 4) is 11.4 Å². The number of nitrogens with zero attached hydrogens (tertiary/aromatic N) is 4. The highest BCUT2D eigenvalue weighted by atomic mass is 35.5. The molecule has 1 fully saturated rings. The average Bonchev–Trinajstić information content (AvgIpc) is 3.28. The summed E-state index contributed by atoms with van der Waals surface area (Å²) >= 11 is 6.17. The van der Waals surface area contributed by atoms with Gasteiger partial charge in [-0.3, -0.25) is 14.9 Å². The van der Waals surface area contributed by atoms with E-state index < -0.39 is 41.8 Å². The van der Waals surface area contributed by atoms with Crippen LogP contribution in [0.2, 0.25) is 5.02 Å². The zero-order valence-electron chi connectivity index (χ0n) is 20.7. The number of rotatable bonds is 7. The molecule has 1 aliphatic rings. The van der Waals surface area contributed by atoms with Gasteiger partial charge in [-0.15, -0.1) is 5.10 Å². The van der Waals surface area contributed by atoms with Gasteiger partial charge in [-0.25, -0.2) is 23.2 Å². The molecule has 0 radical (unpaired) electrons.